The maximum atomic E-state index is 11.9. The first-order valence-electron chi connectivity index (χ1n) is 7.11. The van der Waals surface area contributed by atoms with Crippen molar-refractivity contribution in [3.05, 3.63) is 0 Å². The summed E-state index contributed by atoms with van der Waals surface area (Å²) in [6, 6.07) is 0. The van der Waals surface area contributed by atoms with Gasteiger partial charge >= 0.3 is 0 Å². The van der Waals surface area contributed by atoms with E-state index >= 15 is 0 Å². The Balaban J connectivity index is 1.74. The SMILES string of the molecule is O=S1(=O)CCCCC1C(O)CCCC1CCCO1. The number of ether oxygens (including phenoxy) is 1. The molecule has 0 spiro atoms. The van der Waals surface area contributed by atoms with Gasteiger partial charge < -0.3 is 9.84 Å². The summed E-state index contributed by atoms with van der Waals surface area (Å²) < 4.78 is 29.2. The molecule has 2 aliphatic heterocycles. The van der Waals surface area contributed by atoms with E-state index in [1.165, 1.54) is 0 Å². The van der Waals surface area contributed by atoms with E-state index in [2.05, 4.69) is 0 Å². The van der Waals surface area contributed by atoms with Gasteiger partial charge in [-0.25, -0.2) is 8.42 Å². The third-order valence-electron chi connectivity index (χ3n) is 4.11. The Labute approximate surface area is 110 Å². The van der Waals surface area contributed by atoms with Crippen molar-refractivity contribution in [1.82, 2.24) is 0 Å². The zero-order valence-corrected chi connectivity index (χ0v) is 11.7. The van der Waals surface area contributed by atoms with Crippen LogP contribution in [0, 0.1) is 0 Å². The maximum absolute atomic E-state index is 11.9. The van der Waals surface area contributed by atoms with E-state index in [0.29, 0.717) is 18.9 Å². The van der Waals surface area contributed by atoms with Gasteiger partial charge in [-0.2, -0.15) is 0 Å². The van der Waals surface area contributed by atoms with E-state index in [-0.39, 0.29) is 5.75 Å². The molecular formula is C13H24O4S. The van der Waals surface area contributed by atoms with E-state index in [4.69, 9.17) is 4.74 Å². The lowest BCUT2D eigenvalue weighted by Crippen LogP contribution is -2.38. The van der Waals surface area contributed by atoms with Gasteiger partial charge in [0.15, 0.2) is 9.84 Å². The lowest BCUT2D eigenvalue weighted by Gasteiger charge is -2.26. The second-order valence-corrected chi connectivity index (χ2v) is 7.87. The van der Waals surface area contributed by atoms with E-state index < -0.39 is 21.2 Å². The molecular weight excluding hydrogens is 252 g/mol. The molecule has 0 amide bonds. The van der Waals surface area contributed by atoms with Crippen LogP contribution in [0.2, 0.25) is 0 Å². The molecule has 0 aliphatic carbocycles. The Morgan fingerprint density at radius 1 is 1.22 bits per heavy atom. The van der Waals surface area contributed by atoms with Crippen molar-refractivity contribution in [2.45, 2.75) is 68.8 Å². The van der Waals surface area contributed by atoms with Gasteiger partial charge in [0.2, 0.25) is 0 Å². The largest absolute Gasteiger partial charge is 0.392 e. The molecule has 0 radical (unpaired) electrons. The summed E-state index contributed by atoms with van der Waals surface area (Å²) in [4.78, 5) is 0. The van der Waals surface area contributed by atoms with E-state index in [1.807, 2.05) is 0 Å². The minimum atomic E-state index is -3.05. The fraction of sp³-hybridized carbons (Fsp3) is 1.00. The Kier molecular flexibility index (Phi) is 5.04. The van der Waals surface area contributed by atoms with Gasteiger partial charge in [-0.15, -0.1) is 0 Å². The Hall–Kier alpha value is -0.130. The van der Waals surface area contributed by atoms with Crippen LogP contribution in [0.5, 0.6) is 0 Å². The van der Waals surface area contributed by atoms with Crippen molar-refractivity contribution >= 4 is 9.84 Å². The third kappa shape index (κ3) is 3.68. The highest BCUT2D eigenvalue weighted by molar-refractivity contribution is 7.92. The number of aliphatic hydroxyl groups excluding tert-OH is 1. The molecule has 2 aliphatic rings. The molecule has 0 bridgehead atoms. The highest BCUT2D eigenvalue weighted by atomic mass is 32.2. The molecule has 0 aromatic carbocycles. The van der Waals surface area contributed by atoms with Crippen LogP contribution in [-0.4, -0.2) is 43.3 Å². The zero-order valence-electron chi connectivity index (χ0n) is 10.9. The van der Waals surface area contributed by atoms with Crippen LogP contribution in [0.25, 0.3) is 0 Å². The molecule has 3 atom stereocenters. The predicted octanol–water partition coefficient (Wildman–Crippen LogP) is 1.66. The molecule has 2 heterocycles. The molecule has 1 N–H and O–H groups in total. The minimum Gasteiger partial charge on any atom is -0.392 e. The van der Waals surface area contributed by atoms with Crippen molar-refractivity contribution < 1.29 is 18.3 Å². The number of rotatable bonds is 5. The third-order valence-corrected chi connectivity index (χ3v) is 6.44. The lowest BCUT2D eigenvalue weighted by molar-refractivity contribution is 0.0931. The number of hydrogen-bond donors (Lipinski definition) is 1. The van der Waals surface area contributed by atoms with Crippen molar-refractivity contribution in [3.63, 3.8) is 0 Å². The average molecular weight is 276 g/mol. The topological polar surface area (TPSA) is 63.6 Å². The van der Waals surface area contributed by atoms with Crippen LogP contribution in [0.4, 0.5) is 0 Å². The summed E-state index contributed by atoms with van der Waals surface area (Å²) in [6.45, 7) is 0.851. The quantitative estimate of drug-likeness (QED) is 0.829. The van der Waals surface area contributed by atoms with Crippen molar-refractivity contribution in [2.24, 2.45) is 0 Å². The average Bonchev–Trinajstić information content (AvgIpc) is 2.81. The lowest BCUT2D eigenvalue weighted by atomic mass is 10.0. The van der Waals surface area contributed by atoms with Crippen LogP contribution in [0.3, 0.4) is 0 Å². The molecule has 2 fully saturated rings. The molecule has 5 heteroatoms. The first kappa shape index (κ1) is 14.3. The first-order chi connectivity index (χ1) is 8.59. The summed E-state index contributed by atoms with van der Waals surface area (Å²) in [5, 5.41) is 9.55. The van der Waals surface area contributed by atoms with Gasteiger partial charge in [-0.3, -0.25) is 0 Å². The van der Waals surface area contributed by atoms with Crippen molar-refractivity contribution in [2.75, 3.05) is 12.4 Å². The second kappa shape index (κ2) is 6.35. The molecule has 106 valence electrons. The normalized spacial score (nSPS) is 33.4. The highest BCUT2D eigenvalue weighted by Gasteiger charge is 2.34. The minimum absolute atomic E-state index is 0.250. The van der Waals surface area contributed by atoms with Crippen LogP contribution < -0.4 is 0 Å². The van der Waals surface area contributed by atoms with Crippen molar-refractivity contribution in [1.29, 1.82) is 0 Å². The summed E-state index contributed by atoms with van der Waals surface area (Å²) >= 11 is 0. The second-order valence-electron chi connectivity index (χ2n) is 5.53. The molecule has 2 rings (SSSR count). The Bertz CT molecular complexity index is 346. The Morgan fingerprint density at radius 2 is 2.06 bits per heavy atom. The fourth-order valence-corrected chi connectivity index (χ4v) is 5.07. The number of hydrogen-bond acceptors (Lipinski definition) is 4. The molecule has 0 aromatic rings. The summed E-state index contributed by atoms with van der Waals surface area (Å²) in [5.41, 5.74) is 0. The number of sulfone groups is 1. The van der Waals surface area contributed by atoms with E-state index in [9.17, 15) is 13.5 Å². The van der Waals surface area contributed by atoms with Gasteiger partial charge in [-0.05, 0) is 44.9 Å². The van der Waals surface area contributed by atoms with Gasteiger partial charge in [0.25, 0.3) is 0 Å². The van der Waals surface area contributed by atoms with E-state index in [0.717, 1.165) is 45.1 Å². The van der Waals surface area contributed by atoms with Crippen LogP contribution in [0.15, 0.2) is 0 Å². The predicted molar refractivity (Wildman–Crippen MR) is 70.3 cm³/mol. The fourth-order valence-electron chi connectivity index (χ4n) is 3.02. The molecule has 3 unspecified atom stereocenters. The van der Waals surface area contributed by atoms with Gasteiger partial charge in [0, 0.05) is 6.61 Å². The molecule has 18 heavy (non-hydrogen) atoms. The molecule has 0 aromatic heterocycles. The highest BCUT2D eigenvalue weighted by Crippen LogP contribution is 2.25. The first-order valence-corrected chi connectivity index (χ1v) is 8.82. The van der Waals surface area contributed by atoms with Crippen LogP contribution in [0.1, 0.15) is 51.4 Å². The molecule has 2 saturated heterocycles. The summed E-state index contributed by atoms with van der Waals surface area (Å²) in [6.07, 6.45) is 6.59. The zero-order chi connectivity index (χ0) is 13.0. The van der Waals surface area contributed by atoms with E-state index in [1.54, 1.807) is 0 Å². The number of aliphatic hydroxyl groups is 1. The maximum Gasteiger partial charge on any atom is 0.155 e. The summed E-state index contributed by atoms with van der Waals surface area (Å²) in [7, 11) is -3.05. The van der Waals surface area contributed by atoms with Gasteiger partial charge in [-0.1, -0.05) is 6.42 Å². The Morgan fingerprint density at radius 3 is 2.72 bits per heavy atom. The van der Waals surface area contributed by atoms with Crippen LogP contribution >= 0.6 is 0 Å². The smallest absolute Gasteiger partial charge is 0.155 e. The summed E-state index contributed by atoms with van der Waals surface area (Å²) in [5.74, 6) is 0.250. The van der Waals surface area contributed by atoms with Gasteiger partial charge in [0.05, 0.1) is 23.2 Å². The standard InChI is InChI=1S/C13H24O4S/c14-12(7-3-5-11-6-4-9-17-11)13-8-1-2-10-18(13,15)16/h11-14H,1-10H2. The molecule has 0 saturated carbocycles. The van der Waals surface area contributed by atoms with Gasteiger partial charge in [0.1, 0.15) is 0 Å². The molecule has 4 nitrogen and oxygen atoms in total. The van der Waals surface area contributed by atoms with Crippen molar-refractivity contribution in [3.8, 4) is 0 Å². The van der Waals surface area contributed by atoms with Crippen LogP contribution in [-0.2, 0) is 14.6 Å². The monoisotopic (exact) mass is 276 g/mol.